The van der Waals surface area contributed by atoms with E-state index in [4.69, 9.17) is 11.6 Å². The standard InChI is InChI=1S/C13H12ClNO4/c1-6-10(13(18)19-2)11(16)8-4-3-7(14)5-9(8)15-12(6)17/h3-6,10H,1-2H3,(H,15,17). The van der Waals surface area contributed by atoms with Gasteiger partial charge in [0.1, 0.15) is 5.92 Å². The van der Waals surface area contributed by atoms with Crippen LogP contribution in [0.1, 0.15) is 17.3 Å². The number of rotatable bonds is 1. The van der Waals surface area contributed by atoms with E-state index in [0.717, 1.165) is 0 Å². The smallest absolute Gasteiger partial charge is 0.317 e. The average Bonchev–Trinajstić information content (AvgIpc) is 2.46. The van der Waals surface area contributed by atoms with E-state index in [0.29, 0.717) is 10.7 Å². The lowest BCUT2D eigenvalue weighted by atomic mass is 9.87. The number of esters is 1. The maximum atomic E-state index is 12.4. The van der Waals surface area contributed by atoms with Gasteiger partial charge in [-0.05, 0) is 18.2 Å². The van der Waals surface area contributed by atoms with Gasteiger partial charge in [-0.3, -0.25) is 14.4 Å². The largest absolute Gasteiger partial charge is 0.468 e. The Morgan fingerprint density at radius 2 is 2.05 bits per heavy atom. The Bertz CT molecular complexity index is 570. The van der Waals surface area contributed by atoms with E-state index in [2.05, 4.69) is 10.1 Å². The van der Waals surface area contributed by atoms with Gasteiger partial charge in [-0.15, -0.1) is 0 Å². The normalized spacial score (nSPS) is 22.3. The molecule has 2 unspecified atom stereocenters. The van der Waals surface area contributed by atoms with Crippen LogP contribution in [0.15, 0.2) is 18.2 Å². The second-order valence-corrected chi connectivity index (χ2v) is 4.77. The number of Topliss-reactive ketones (excluding diaryl/α,β-unsaturated/α-hetero) is 1. The summed E-state index contributed by atoms with van der Waals surface area (Å²) in [6.45, 7) is 1.52. The molecule has 0 bridgehead atoms. The number of halogens is 1. The van der Waals surface area contributed by atoms with Gasteiger partial charge in [-0.1, -0.05) is 18.5 Å². The zero-order valence-electron chi connectivity index (χ0n) is 10.4. The van der Waals surface area contributed by atoms with Gasteiger partial charge in [0.05, 0.1) is 18.7 Å². The van der Waals surface area contributed by atoms with E-state index in [-0.39, 0.29) is 5.56 Å². The number of anilines is 1. The second-order valence-electron chi connectivity index (χ2n) is 4.33. The summed E-state index contributed by atoms with van der Waals surface area (Å²) >= 11 is 5.83. The first-order chi connectivity index (χ1) is 8.95. The van der Waals surface area contributed by atoms with Crippen LogP contribution in [0.25, 0.3) is 0 Å². The van der Waals surface area contributed by atoms with E-state index in [9.17, 15) is 14.4 Å². The van der Waals surface area contributed by atoms with Crippen molar-refractivity contribution in [2.75, 3.05) is 12.4 Å². The molecular formula is C13H12ClNO4. The summed E-state index contributed by atoms with van der Waals surface area (Å²) in [7, 11) is 1.19. The Morgan fingerprint density at radius 3 is 2.68 bits per heavy atom. The van der Waals surface area contributed by atoms with Gasteiger partial charge >= 0.3 is 5.97 Å². The number of hydrogen-bond acceptors (Lipinski definition) is 4. The predicted octanol–water partition coefficient (Wildman–Crippen LogP) is 1.90. The van der Waals surface area contributed by atoms with Crippen molar-refractivity contribution < 1.29 is 19.1 Å². The summed E-state index contributed by atoms with van der Waals surface area (Å²) in [5, 5.41) is 3.00. The van der Waals surface area contributed by atoms with Gasteiger partial charge in [0.2, 0.25) is 5.91 Å². The number of methoxy groups -OCH3 is 1. The van der Waals surface area contributed by atoms with Crippen molar-refractivity contribution in [2.45, 2.75) is 6.92 Å². The molecule has 1 N–H and O–H groups in total. The van der Waals surface area contributed by atoms with Gasteiger partial charge in [0.25, 0.3) is 0 Å². The van der Waals surface area contributed by atoms with Crippen LogP contribution in [0.4, 0.5) is 5.69 Å². The highest BCUT2D eigenvalue weighted by atomic mass is 35.5. The third-order valence-corrected chi connectivity index (χ3v) is 3.39. The van der Waals surface area contributed by atoms with Crippen LogP contribution < -0.4 is 5.32 Å². The van der Waals surface area contributed by atoms with E-state index in [1.807, 2.05) is 0 Å². The highest BCUT2D eigenvalue weighted by Gasteiger charge is 2.41. The van der Waals surface area contributed by atoms with Crippen LogP contribution in [-0.2, 0) is 14.3 Å². The summed E-state index contributed by atoms with van der Waals surface area (Å²) < 4.78 is 4.61. The monoisotopic (exact) mass is 281 g/mol. The van der Waals surface area contributed by atoms with Crippen LogP contribution in [0.3, 0.4) is 0 Å². The molecule has 0 aliphatic carbocycles. The molecule has 5 nitrogen and oxygen atoms in total. The molecule has 1 aliphatic rings. The third-order valence-electron chi connectivity index (χ3n) is 3.16. The second kappa shape index (κ2) is 5.01. The quantitative estimate of drug-likeness (QED) is 0.630. The van der Waals surface area contributed by atoms with Crippen LogP contribution in [0.2, 0.25) is 5.02 Å². The lowest BCUT2D eigenvalue weighted by Gasteiger charge is -2.15. The van der Waals surface area contributed by atoms with Crippen molar-refractivity contribution in [2.24, 2.45) is 11.8 Å². The number of amides is 1. The minimum Gasteiger partial charge on any atom is -0.468 e. The van der Waals surface area contributed by atoms with E-state index < -0.39 is 29.5 Å². The Labute approximate surface area is 114 Å². The fourth-order valence-electron chi connectivity index (χ4n) is 2.07. The molecule has 1 aromatic rings. The highest BCUT2D eigenvalue weighted by Crippen LogP contribution is 2.31. The topological polar surface area (TPSA) is 72.5 Å². The zero-order valence-corrected chi connectivity index (χ0v) is 11.2. The molecule has 6 heteroatoms. The number of ketones is 1. The van der Waals surface area contributed by atoms with Crippen LogP contribution in [0.5, 0.6) is 0 Å². The van der Waals surface area contributed by atoms with Crippen LogP contribution in [0, 0.1) is 11.8 Å². The van der Waals surface area contributed by atoms with Crippen molar-refractivity contribution in [1.82, 2.24) is 0 Å². The lowest BCUT2D eigenvalue weighted by molar-refractivity contribution is -0.147. The van der Waals surface area contributed by atoms with E-state index >= 15 is 0 Å². The maximum Gasteiger partial charge on any atom is 0.317 e. The number of fused-ring (bicyclic) bond motifs is 1. The van der Waals surface area contributed by atoms with Gasteiger partial charge < -0.3 is 10.1 Å². The molecule has 1 aliphatic heterocycles. The molecule has 0 saturated carbocycles. The van der Waals surface area contributed by atoms with Gasteiger partial charge in [0.15, 0.2) is 5.78 Å². The summed E-state index contributed by atoms with van der Waals surface area (Å²) in [5.41, 5.74) is 0.582. The van der Waals surface area contributed by atoms with Crippen molar-refractivity contribution in [3.8, 4) is 0 Å². The minimum absolute atomic E-state index is 0.262. The molecule has 19 heavy (non-hydrogen) atoms. The molecule has 0 radical (unpaired) electrons. The molecule has 1 amide bonds. The third kappa shape index (κ3) is 2.33. The van der Waals surface area contributed by atoms with Crippen molar-refractivity contribution in [3.63, 3.8) is 0 Å². The fourth-order valence-corrected chi connectivity index (χ4v) is 2.24. The number of hydrogen-bond donors (Lipinski definition) is 1. The molecule has 2 atom stereocenters. The maximum absolute atomic E-state index is 12.4. The Morgan fingerprint density at radius 1 is 1.37 bits per heavy atom. The Balaban J connectivity index is 2.55. The molecule has 0 saturated heterocycles. The molecule has 1 heterocycles. The van der Waals surface area contributed by atoms with E-state index in [1.54, 1.807) is 0 Å². The van der Waals surface area contributed by atoms with Crippen LogP contribution >= 0.6 is 11.6 Å². The van der Waals surface area contributed by atoms with Gasteiger partial charge in [0, 0.05) is 10.6 Å². The zero-order chi connectivity index (χ0) is 14.2. The molecule has 0 fully saturated rings. The average molecular weight is 282 g/mol. The number of ether oxygens (including phenoxy) is 1. The number of benzene rings is 1. The fraction of sp³-hybridized carbons (Fsp3) is 0.308. The number of carbonyl (C=O) groups excluding carboxylic acids is 3. The number of carbonyl (C=O) groups is 3. The Kier molecular flexibility index (Phi) is 3.57. The van der Waals surface area contributed by atoms with Gasteiger partial charge in [-0.25, -0.2) is 0 Å². The van der Waals surface area contributed by atoms with E-state index in [1.165, 1.54) is 32.2 Å². The molecule has 0 aromatic heterocycles. The summed E-state index contributed by atoms with van der Waals surface area (Å²) in [6, 6.07) is 4.52. The van der Waals surface area contributed by atoms with Crippen LogP contribution in [-0.4, -0.2) is 24.8 Å². The predicted molar refractivity (Wildman–Crippen MR) is 69.1 cm³/mol. The summed E-state index contributed by atoms with van der Waals surface area (Å²) in [4.78, 5) is 36.0. The molecule has 1 aromatic carbocycles. The molecular weight excluding hydrogens is 270 g/mol. The summed E-state index contributed by atoms with van der Waals surface area (Å²) in [5.74, 6) is -3.50. The van der Waals surface area contributed by atoms with Crippen molar-refractivity contribution >= 4 is 34.9 Å². The highest BCUT2D eigenvalue weighted by molar-refractivity contribution is 6.31. The number of nitrogens with one attached hydrogen (secondary N) is 1. The lowest BCUT2D eigenvalue weighted by Crippen LogP contribution is -2.35. The first kappa shape index (κ1) is 13.5. The molecule has 100 valence electrons. The minimum atomic E-state index is -1.13. The molecule has 2 rings (SSSR count). The Hall–Kier alpha value is -1.88. The van der Waals surface area contributed by atoms with Crippen molar-refractivity contribution in [1.29, 1.82) is 0 Å². The first-order valence-electron chi connectivity index (χ1n) is 5.68. The molecule has 0 spiro atoms. The summed E-state index contributed by atoms with van der Waals surface area (Å²) in [6.07, 6.45) is 0. The first-order valence-corrected chi connectivity index (χ1v) is 6.06. The van der Waals surface area contributed by atoms with Crippen molar-refractivity contribution in [3.05, 3.63) is 28.8 Å². The van der Waals surface area contributed by atoms with Gasteiger partial charge in [-0.2, -0.15) is 0 Å². The SMILES string of the molecule is COC(=O)C1C(=O)c2ccc(Cl)cc2NC(=O)C1C.